The summed E-state index contributed by atoms with van der Waals surface area (Å²) in [6, 6.07) is 15.4. The molecule has 0 radical (unpaired) electrons. The van der Waals surface area contributed by atoms with E-state index in [0.29, 0.717) is 0 Å². The van der Waals surface area contributed by atoms with Gasteiger partial charge in [0.1, 0.15) is 5.57 Å². The van der Waals surface area contributed by atoms with Gasteiger partial charge in [-0.3, -0.25) is 4.79 Å². The van der Waals surface area contributed by atoms with Crippen LogP contribution in [0.4, 0.5) is 0 Å². The fraction of sp³-hybridized carbons (Fsp3) is 0. The molecule has 2 aromatic rings. The largest absolute Gasteiger partial charge is 0.478 e. The molecule has 2 aromatic carbocycles. The van der Waals surface area contributed by atoms with Crippen LogP contribution in [-0.4, -0.2) is 27.9 Å². The molecule has 2 N–H and O–H groups in total. The summed E-state index contributed by atoms with van der Waals surface area (Å²) < 4.78 is 0. The topological polar surface area (TPSA) is 91.7 Å². The van der Waals surface area contributed by atoms with Crippen LogP contribution in [0.5, 0.6) is 0 Å². The summed E-state index contributed by atoms with van der Waals surface area (Å²) in [5.41, 5.74) is -1.00. The number of rotatable bonds is 5. The lowest BCUT2D eigenvalue weighted by atomic mass is 9.94. The highest BCUT2D eigenvalue weighted by Gasteiger charge is 2.28. The van der Waals surface area contributed by atoms with Crippen molar-refractivity contribution in [2.75, 3.05) is 0 Å². The first-order valence-electron chi connectivity index (χ1n) is 6.38. The summed E-state index contributed by atoms with van der Waals surface area (Å²) in [5, 5.41) is 18.7. The zero-order valence-electron chi connectivity index (χ0n) is 11.4. The highest BCUT2D eigenvalue weighted by atomic mass is 16.4. The molecule has 0 bridgehead atoms. The van der Waals surface area contributed by atoms with Gasteiger partial charge in [-0.1, -0.05) is 60.7 Å². The first-order valence-corrected chi connectivity index (χ1v) is 6.38. The van der Waals surface area contributed by atoms with Crippen LogP contribution in [0.25, 0.3) is 5.57 Å². The third-order valence-corrected chi connectivity index (χ3v) is 3.00. The second kappa shape index (κ2) is 6.49. The quantitative estimate of drug-likeness (QED) is 0.383. The maximum Gasteiger partial charge on any atom is 0.340 e. The number of hydrogen-bond donors (Lipinski definition) is 2. The first-order chi connectivity index (χ1) is 10.5. The molecule has 0 aliphatic rings. The molecule has 0 aliphatic carbocycles. The molecule has 0 fully saturated rings. The van der Waals surface area contributed by atoms with E-state index >= 15 is 0 Å². The van der Waals surface area contributed by atoms with Crippen LogP contribution in [-0.2, 0) is 9.59 Å². The monoisotopic (exact) mass is 296 g/mol. The van der Waals surface area contributed by atoms with Crippen LogP contribution in [0, 0.1) is 0 Å². The minimum absolute atomic E-state index is 0.120. The van der Waals surface area contributed by atoms with Gasteiger partial charge < -0.3 is 10.2 Å². The van der Waals surface area contributed by atoms with E-state index in [1.54, 1.807) is 36.4 Å². The van der Waals surface area contributed by atoms with Crippen LogP contribution in [0.15, 0.2) is 66.2 Å². The highest BCUT2D eigenvalue weighted by molar-refractivity contribution is 6.36. The van der Waals surface area contributed by atoms with E-state index in [-0.39, 0.29) is 11.1 Å². The van der Waals surface area contributed by atoms with Crippen LogP contribution >= 0.6 is 0 Å². The van der Waals surface area contributed by atoms with Crippen molar-refractivity contribution in [1.29, 1.82) is 0 Å². The van der Waals surface area contributed by atoms with E-state index in [4.69, 9.17) is 0 Å². The maximum atomic E-state index is 12.4. The van der Waals surface area contributed by atoms with Crippen molar-refractivity contribution in [3.8, 4) is 0 Å². The molecule has 0 saturated carbocycles. The minimum Gasteiger partial charge on any atom is -0.478 e. The third kappa shape index (κ3) is 3.09. The number of carboxylic acid groups (broad SMARTS) is 2. The lowest BCUT2D eigenvalue weighted by Crippen LogP contribution is -2.18. The van der Waals surface area contributed by atoms with Crippen LogP contribution in [0.3, 0.4) is 0 Å². The summed E-state index contributed by atoms with van der Waals surface area (Å²) >= 11 is 0. The van der Waals surface area contributed by atoms with E-state index in [1.165, 1.54) is 24.3 Å². The summed E-state index contributed by atoms with van der Waals surface area (Å²) in [6.07, 6.45) is 0. The van der Waals surface area contributed by atoms with Gasteiger partial charge in [0.15, 0.2) is 0 Å². The van der Waals surface area contributed by atoms with E-state index in [1.807, 2.05) is 0 Å². The number of carbonyl (C=O) groups is 3. The van der Waals surface area contributed by atoms with E-state index in [2.05, 4.69) is 0 Å². The van der Waals surface area contributed by atoms with E-state index in [9.17, 15) is 24.6 Å². The predicted octanol–water partition coefficient (Wildman–Crippen LogP) is 2.49. The molecule has 110 valence electrons. The predicted molar refractivity (Wildman–Crippen MR) is 79.4 cm³/mol. The number of Topliss-reactive ketones (excluding diaryl/α,β-unsaturated/α-hetero) is 1. The van der Waals surface area contributed by atoms with Crippen molar-refractivity contribution in [2.24, 2.45) is 0 Å². The molecule has 5 nitrogen and oxygen atoms in total. The average Bonchev–Trinajstić information content (AvgIpc) is 2.52. The Hall–Kier alpha value is -3.21. The Balaban J connectivity index is 2.68. The van der Waals surface area contributed by atoms with Crippen LogP contribution in [0.1, 0.15) is 15.9 Å². The standard InChI is InChI=1S/C17H12O5/c18-15(12-9-5-2-6-10-12)14(17(21)22)13(16(19)20)11-7-3-1-4-8-11/h1-10H,(H,19,20)(H,21,22). The lowest BCUT2D eigenvalue weighted by Gasteiger charge is -2.08. The Morgan fingerprint density at radius 2 is 1.09 bits per heavy atom. The fourth-order valence-corrected chi connectivity index (χ4v) is 2.03. The molecule has 0 aliphatic heterocycles. The Morgan fingerprint density at radius 3 is 1.50 bits per heavy atom. The fourth-order valence-electron chi connectivity index (χ4n) is 2.03. The highest BCUT2D eigenvalue weighted by Crippen LogP contribution is 2.22. The maximum absolute atomic E-state index is 12.4. The molecule has 0 heterocycles. The van der Waals surface area contributed by atoms with Gasteiger partial charge in [-0.2, -0.15) is 0 Å². The summed E-state index contributed by atoms with van der Waals surface area (Å²) in [6.45, 7) is 0. The molecule has 2 rings (SSSR count). The average molecular weight is 296 g/mol. The first kappa shape index (κ1) is 15.2. The van der Waals surface area contributed by atoms with Gasteiger partial charge in [-0.25, -0.2) is 9.59 Å². The van der Waals surface area contributed by atoms with Gasteiger partial charge in [-0.05, 0) is 5.56 Å². The normalized spacial score (nSPS) is 11.5. The van der Waals surface area contributed by atoms with Crippen molar-refractivity contribution in [1.82, 2.24) is 0 Å². The molecular weight excluding hydrogens is 284 g/mol. The van der Waals surface area contributed by atoms with Gasteiger partial charge >= 0.3 is 11.9 Å². The van der Waals surface area contributed by atoms with Gasteiger partial charge in [0.2, 0.25) is 5.78 Å². The molecule has 5 heteroatoms. The lowest BCUT2D eigenvalue weighted by molar-refractivity contribution is -0.134. The number of carboxylic acids is 2. The van der Waals surface area contributed by atoms with Crippen molar-refractivity contribution < 1.29 is 24.6 Å². The molecule has 0 atom stereocenters. The molecule has 0 saturated heterocycles. The Bertz CT molecular complexity index is 745. The smallest absolute Gasteiger partial charge is 0.340 e. The Morgan fingerprint density at radius 1 is 0.636 bits per heavy atom. The Kier molecular flexibility index (Phi) is 4.48. The molecule has 0 amide bonds. The molecule has 0 unspecified atom stereocenters. The third-order valence-electron chi connectivity index (χ3n) is 3.00. The summed E-state index contributed by atoms with van der Waals surface area (Å²) in [5.74, 6) is -3.88. The number of hydrogen-bond acceptors (Lipinski definition) is 3. The van der Waals surface area contributed by atoms with Gasteiger partial charge in [0.05, 0.1) is 5.57 Å². The molecular formula is C17H12O5. The van der Waals surface area contributed by atoms with E-state index < -0.39 is 28.9 Å². The van der Waals surface area contributed by atoms with Crippen molar-refractivity contribution in [2.45, 2.75) is 0 Å². The summed E-state index contributed by atoms with van der Waals surface area (Å²) in [7, 11) is 0. The van der Waals surface area contributed by atoms with Crippen molar-refractivity contribution >= 4 is 23.3 Å². The number of ketones is 1. The number of carbonyl (C=O) groups excluding carboxylic acids is 1. The second-order valence-electron chi connectivity index (χ2n) is 4.42. The number of aliphatic carboxylic acids is 2. The molecule has 0 aromatic heterocycles. The molecule has 0 spiro atoms. The van der Waals surface area contributed by atoms with Crippen LogP contribution < -0.4 is 0 Å². The van der Waals surface area contributed by atoms with Crippen LogP contribution in [0.2, 0.25) is 0 Å². The SMILES string of the molecule is O=C(O)C(C(=O)c1ccccc1)=C(C(=O)O)c1ccccc1. The molecule has 22 heavy (non-hydrogen) atoms. The zero-order chi connectivity index (χ0) is 16.1. The van der Waals surface area contributed by atoms with Gasteiger partial charge in [-0.15, -0.1) is 0 Å². The minimum atomic E-state index is -1.57. The second-order valence-corrected chi connectivity index (χ2v) is 4.42. The van der Waals surface area contributed by atoms with E-state index in [0.717, 1.165) is 0 Å². The summed E-state index contributed by atoms with van der Waals surface area (Å²) in [4.78, 5) is 35.4. The zero-order valence-corrected chi connectivity index (χ0v) is 11.4. The van der Waals surface area contributed by atoms with Crippen molar-refractivity contribution in [3.63, 3.8) is 0 Å². The van der Waals surface area contributed by atoms with Crippen molar-refractivity contribution in [3.05, 3.63) is 77.4 Å². The number of benzene rings is 2. The Labute approximate surface area is 126 Å². The van der Waals surface area contributed by atoms with Gasteiger partial charge in [0, 0.05) is 5.56 Å². The van der Waals surface area contributed by atoms with Gasteiger partial charge in [0.25, 0.3) is 0 Å².